The summed E-state index contributed by atoms with van der Waals surface area (Å²) >= 11 is 0. The molecule has 0 amide bonds. The number of Topliss-reactive ketones (excluding diaryl/α,β-unsaturated/α-hetero) is 1. The summed E-state index contributed by atoms with van der Waals surface area (Å²) in [5.74, 6) is 0.0249. The Morgan fingerprint density at radius 2 is 2.00 bits per heavy atom. The van der Waals surface area contributed by atoms with Gasteiger partial charge in [0.2, 0.25) is 0 Å². The summed E-state index contributed by atoms with van der Waals surface area (Å²) in [5.41, 5.74) is 8.28. The number of aryl methyl sites for hydroxylation is 1. The van der Waals surface area contributed by atoms with Crippen molar-refractivity contribution in [2.75, 3.05) is 5.73 Å². The Morgan fingerprint density at radius 1 is 1.25 bits per heavy atom. The molecule has 104 valence electrons. The van der Waals surface area contributed by atoms with Crippen LogP contribution in [0.5, 0.6) is 5.75 Å². The largest absolute Gasteiger partial charge is 0.488 e. The van der Waals surface area contributed by atoms with Gasteiger partial charge in [0.05, 0.1) is 5.56 Å². The van der Waals surface area contributed by atoms with Gasteiger partial charge in [0.15, 0.2) is 5.78 Å². The average molecular weight is 273 g/mol. The van der Waals surface area contributed by atoms with Gasteiger partial charge in [0, 0.05) is 5.69 Å². The summed E-state index contributed by atoms with van der Waals surface area (Å²) < 4.78 is 18.8. The van der Waals surface area contributed by atoms with Gasteiger partial charge in [0.1, 0.15) is 18.2 Å². The summed E-state index contributed by atoms with van der Waals surface area (Å²) in [6.45, 7) is 3.54. The number of benzene rings is 2. The fourth-order valence-electron chi connectivity index (χ4n) is 1.90. The van der Waals surface area contributed by atoms with Crippen molar-refractivity contribution in [3.8, 4) is 5.75 Å². The Labute approximate surface area is 117 Å². The Balaban J connectivity index is 2.23. The lowest BCUT2D eigenvalue weighted by Crippen LogP contribution is -2.04. The lowest BCUT2D eigenvalue weighted by atomic mass is 10.1. The van der Waals surface area contributed by atoms with Gasteiger partial charge in [-0.1, -0.05) is 6.07 Å². The van der Waals surface area contributed by atoms with E-state index in [1.807, 2.05) is 6.92 Å². The quantitative estimate of drug-likeness (QED) is 0.685. The van der Waals surface area contributed by atoms with E-state index in [0.29, 0.717) is 17.0 Å². The Kier molecular flexibility index (Phi) is 4.03. The van der Waals surface area contributed by atoms with Gasteiger partial charge in [-0.05, 0) is 55.3 Å². The minimum Gasteiger partial charge on any atom is -0.488 e. The molecule has 3 nitrogen and oxygen atoms in total. The van der Waals surface area contributed by atoms with Crippen LogP contribution < -0.4 is 10.5 Å². The van der Waals surface area contributed by atoms with Crippen LogP contribution in [0.15, 0.2) is 36.4 Å². The molecule has 0 saturated carbocycles. The highest BCUT2D eigenvalue weighted by atomic mass is 19.1. The summed E-state index contributed by atoms with van der Waals surface area (Å²) in [5, 5.41) is 0. The second kappa shape index (κ2) is 5.74. The standard InChI is InChI=1S/C16H16FNO2/c1-10-3-4-13(17)7-12(10)9-20-16-6-5-14(18)8-15(16)11(2)19/h3-8H,9,18H2,1-2H3. The van der Waals surface area contributed by atoms with E-state index in [9.17, 15) is 9.18 Å². The van der Waals surface area contributed by atoms with Gasteiger partial charge in [-0.15, -0.1) is 0 Å². The zero-order valence-corrected chi connectivity index (χ0v) is 11.4. The SMILES string of the molecule is CC(=O)c1cc(N)ccc1OCc1cc(F)ccc1C. The third-order valence-electron chi connectivity index (χ3n) is 3.08. The van der Waals surface area contributed by atoms with Crippen molar-refractivity contribution >= 4 is 11.5 Å². The second-order valence-electron chi connectivity index (χ2n) is 4.67. The smallest absolute Gasteiger partial charge is 0.163 e. The van der Waals surface area contributed by atoms with E-state index in [-0.39, 0.29) is 18.2 Å². The molecule has 0 bridgehead atoms. The fourth-order valence-corrected chi connectivity index (χ4v) is 1.90. The molecule has 2 aromatic rings. The molecule has 0 aromatic heterocycles. The normalized spacial score (nSPS) is 10.3. The highest BCUT2D eigenvalue weighted by molar-refractivity contribution is 5.97. The van der Waals surface area contributed by atoms with Crippen LogP contribution in [-0.2, 0) is 6.61 Å². The first-order valence-electron chi connectivity index (χ1n) is 6.25. The van der Waals surface area contributed by atoms with E-state index in [1.54, 1.807) is 24.3 Å². The molecular weight excluding hydrogens is 257 g/mol. The van der Waals surface area contributed by atoms with Crippen LogP contribution in [0.3, 0.4) is 0 Å². The first-order chi connectivity index (χ1) is 9.47. The van der Waals surface area contributed by atoms with Crippen LogP contribution in [0.4, 0.5) is 10.1 Å². The average Bonchev–Trinajstić information content (AvgIpc) is 2.40. The summed E-state index contributed by atoms with van der Waals surface area (Å²) in [4.78, 5) is 11.6. The van der Waals surface area contributed by atoms with E-state index in [4.69, 9.17) is 10.5 Å². The first-order valence-corrected chi connectivity index (χ1v) is 6.25. The predicted molar refractivity (Wildman–Crippen MR) is 76.3 cm³/mol. The molecule has 0 spiro atoms. The van der Waals surface area contributed by atoms with Crippen LogP contribution in [0.2, 0.25) is 0 Å². The minimum atomic E-state index is -0.307. The predicted octanol–water partition coefficient (Wildman–Crippen LogP) is 3.50. The van der Waals surface area contributed by atoms with E-state index < -0.39 is 0 Å². The molecule has 2 aromatic carbocycles. The Bertz CT molecular complexity index is 653. The van der Waals surface area contributed by atoms with Crippen LogP contribution in [0.1, 0.15) is 28.4 Å². The number of nitrogen functional groups attached to an aromatic ring is 1. The molecular formula is C16H16FNO2. The Hall–Kier alpha value is -2.36. The first kappa shape index (κ1) is 14.1. The zero-order valence-electron chi connectivity index (χ0n) is 11.4. The molecule has 0 fully saturated rings. The van der Waals surface area contributed by atoms with Crippen molar-refractivity contribution in [1.82, 2.24) is 0 Å². The van der Waals surface area contributed by atoms with Crippen molar-refractivity contribution in [1.29, 1.82) is 0 Å². The zero-order chi connectivity index (χ0) is 14.7. The lowest BCUT2D eigenvalue weighted by molar-refractivity contribution is 0.101. The highest BCUT2D eigenvalue weighted by Gasteiger charge is 2.10. The molecule has 0 aliphatic heterocycles. The van der Waals surface area contributed by atoms with E-state index in [2.05, 4.69) is 0 Å². The molecule has 0 unspecified atom stereocenters. The van der Waals surface area contributed by atoms with Crippen molar-refractivity contribution in [2.24, 2.45) is 0 Å². The maximum absolute atomic E-state index is 13.2. The van der Waals surface area contributed by atoms with Gasteiger partial charge >= 0.3 is 0 Å². The van der Waals surface area contributed by atoms with Gasteiger partial charge in [-0.25, -0.2) is 4.39 Å². The number of carbonyl (C=O) groups excluding carboxylic acids is 1. The highest BCUT2D eigenvalue weighted by Crippen LogP contribution is 2.23. The second-order valence-corrected chi connectivity index (χ2v) is 4.67. The molecule has 0 aliphatic rings. The molecule has 0 heterocycles. The van der Waals surface area contributed by atoms with Gasteiger partial charge < -0.3 is 10.5 Å². The molecule has 20 heavy (non-hydrogen) atoms. The summed E-state index contributed by atoms with van der Waals surface area (Å²) in [6, 6.07) is 9.43. The van der Waals surface area contributed by atoms with Crippen molar-refractivity contribution < 1.29 is 13.9 Å². The van der Waals surface area contributed by atoms with Gasteiger partial charge in [-0.2, -0.15) is 0 Å². The van der Waals surface area contributed by atoms with E-state index in [0.717, 1.165) is 11.1 Å². The molecule has 0 atom stereocenters. The minimum absolute atomic E-state index is 0.122. The number of ketones is 1. The monoisotopic (exact) mass is 273 g/mol. The van der Waals surface area contributed by atoms with Crippen molar-refractivity contribution in [3.05, 3.63) is 58.9 Å². The Morgan fingerprint density at radius 3 is 2.70 bits per heavy atom. The number of halogens is 1. The van der Waals surface area contributed by atoms with Crippen LogP contribution >= 0.6 is 0 Å². The topological polar surface area (TPSA) is 52.3 Å². The number of hydrogen-bond acceptors (Lipinski definition) is 3. The maximum atomic E-state index is 13.2. The molecule has 0 saturated heterocycles. The third kappa shape index (κ3) is 3.15. The number of carbonyl (C=O) groups is 1. The van der Waals surface area contributed by atoms with Crippen molar-refractivity contribution in [2.45, 2.75) is 20.5 Å². The van der Waals surface area contributed by atoms with E-state index >= 15 is 0 Å². The van der Waals surface area contributed by atoms with Gasteiger partial charge in [-0.3, -0.25) is 4.79 Å². The molecule has 2 N–H and O–H groups in total. The van der Waals surface area contributed by atoms with Crippen LogP contribution in [0, 0.1) is 12.7 Å². The summed E-state index contributed by atoms with van der Waals surface area (Å²) in [6.07, 6.45) is 0. The number of ether oxygens (including phenoxy) is 1. The summed E-state index contributed by atoms with van der Waals surface area (Å²) in [7, 11) is 0. The maximum Gasteiger partial charge on any atom is 0.163 e. The van der Waals surface area contributed by atoms with Crippen LogP contribution in [-0.4, -0.2) is 5.78 Å². The van der Waals surface area contributed by atoms with Gasteiger partial charge in [0.25, 0.3) is 0 Å². The third-order valence-corrected chi connectivity index (χ3v) is 3.08. The molecule has 4 heteroatoms. The molecule has 0 radical (unpaired) electrons. The van der Waals surface area contributed by atoms with E-state index in [1.165, 1.54) is 19.1 Å². The lowest BCUT2D eigenvalue weighted by Gasteiger charge is -2.12. The molecule has 2 rings (SSSR count). The molecule has 0 aliphatic carbocycles. The number of rotatable bonds is 4. The fraction of sp³-hybridized carbons (Fsp3) is 0.188. The number of anilines is 1. The van der Waals surface area contributed by atoms with Crippen LogP contribution in [0.25, 0.3) is 0 Å². The number of hydrogen-bond donors (Lipinski definition) is 1. The van der Waals surface area contributed by atoms with Crippen molar-refractivity contribution in [3.63, 3.8) is 0 Å². The number of nitrogens with two attached hydrogens (primary N) is 1.